The van der Waals surface area contributed by atoms with Crippen molar-refractivity contribution >= 4 is 22.0 Å². The molecular weight excluding hydrogens is 366 g/mol. The van der Waals surface area contributed by atoms with Crippen LogP contribution in [0, 0.1) is 18.3 Å². The van der Waals surface area contributed by atoms with Crippen LogP contribution in [0.25, 0.3) is 6.08 Å². The van der Waals surface area contributed by atoms with E-state index in [4.69, 9.17) is 9.68 Å². The highest BCUT2D eigenvalue weighted by Crippen LogP contribution is 2.18. The van der Waals surface area contributed by atoms with Gasteiger partial charge < -0.3 is 9.32 Å². The Morgan fingerprint density at radius 3 is 2.33 bits per heavy atom. The number of hydrogen-bond donors (Lipinski definition) is 0. The highest BCUT2D eigenvalue weighted by atomic mass is 32.2. The lowest BCUT2D eigenvalue weighted by atomic mass is 10.2. The lowest BCUT2D eigenvalue weighted by Gasteiger charge is -2.33. The fraction of sp³-hybridized carbons (Fsp3) is 0.263. The molecule has 0 unspecified atom stereocenters. The lowest BCUT2D eigenvalue weighted by Crippen LogP contribution is -2.50. The van der Waals surface area contributed by atoms with E-state index in [9.17, 15) is 13.2 Å². The Balaban J connectivity index is 1.61. The molecule has 0 spiro atoms. The van der Waals surface area contributed by atoms with Gasteiger partial charge in [0.15, 0.2) is 0 Å². The SMILES string of the molecule is Cc1ccc(/C=C/C(=O)N2CCN(S(=O)(=O)c3ccc(C#N)cc3)CC2)o1. The highest BCUT2D eigenvalue weighted by molar-refractivity contribution is 7.89. The Kier molecular flexibility index (Phi) is 5.44. The van der Waals surface area contributed by atoms with E-state index in [0.717, 1.165) is 5.76 Å². The highest BCUT2D eigenvalue weighted by Gasteiger charge is 2.29. The van der Waals surface area contributed by atoms with Crippen molar-refractivity contribution in [2.24, 2.45) is 0 Å². The molecule has 1 aromatic heterocycles. The van der Waals surface area contributed by atoms with Crippen molar-refractivity contribution < 1.29 is 17.6 Å². The molecule has 0 saturated carbocycles. The minimum Gasteiger partial charge on any atom is -0.462 e. The van der Waals surface area contributed by atoms with Gasteiger partial charge in [-0.15, -0.1) is 0 Å². The minimum absolute atomic E-state index is 0.148. The first-order valence-electron chi connectivity index (χ1n) is 8.44. The van der Waals surface area contributed by atoms with Crippen molar-refractivity contribution in [2.45, 2.75) is 11.8 Å². The summed E-state index contributed by atoms with van der Waals surface area (Å²) in [5, 5.41) is 8.82. The van der Waals surface area contributed by atoms with Gasteiger partial charge in [0.25, 0.3) is 0 Å². The standard InChI is InChI=1S/C19H19N3O4S/c1-15-2-5-17(26-15)6-9-19(23)21-10-12-22(13-11-21)27(24,25)18-7-3-16(14-20)4-8-18/h2-9H,10-13H2,1H3/b9-6+. The summed E-state index contributed by atoms with van der Waals surface area (Å²) in [5.74, 6) is 1.19. The summed E-state index contributed by atoms with van der Waals surface area (Å²) in [6.45, 7) is 2.90. The first kappa shape index (κ1) is 18.9. The van der Waals surface area contributed by atoms with Gasteiger partial charge in [-0.25, -0.2) is 8.42 Å². The minimum atomic E-state index is -3.64. The average Bonchev–Trinajstić information content (AvgIpc) is 3.11. The Hall–Kier alpha value is -2.89. The van der Waals surface area contributed by atoms with Crippen molar-refractivity contribution in [1.82, 2.24) is 9.21 Å². The second-order valence-electron chi connectivity index (χ2n) is 6.15. The van der Waals surface area contributed by atoms with Gasteiger partial charge >= 0.3 is 0 Å². The number of sulfonamides is 1. The van der Waals surface area contributed by atoms with E-state index in [0.29, 0.717) is 24.4 Å². The molecular formula is C19H19N3O4S. The van der Waals surface area contributed by atoms with Gasteiger partial charge in [-0.2, -0.15) is 9.57 Å². The fourth-order valence-electron chi connectivity index (χ4n) is 2.80. The molecule has 0 atom stereocenters. The molecule has 2 heterocycles. The maximum atomic E-state index is 12.7. The predicted octanol–water partition coefficient (Wildman–Crippen LogP) is 2.01. The van der Waals surface area contributed by atoms with Crippen LogP contribution in [0.5, 0.6) is 0 Å². The Labute approximate surface area is 158 Å². The molecule has 1 saturated heterocycles. The number of nitriles is 1. The first-order chi connectivity index (χ1) is 12.9. The molecule has 1 amide bonds. The van der Waals surface area contributed by atoms with E-state index in [2.05, 4.69) is 0 Å². The number of aryl methyl sites for hydroxylation is 1. The van der Waals surface area contributed by atoms with Gasteiger partial charge in [-0.05, 0) is 49.4 Å². The Morgan fingerprint density at radius 1 is 1.11 bits per heavy atom. The maximum Gasteiger partial charge on any atom is 0.246 e. The van der Waals surface area contributed by atoms with Crippen LogP contribution in [0.15, 0.2) is 51.8 Å². The summed E-state index contributed by atoms with van der Waals surface area (Å²) in [5.41, 5.74) is 0.405. The number of furan rings is 1. The third kappa shape index (κ3) is 4.27. The van der Waals surface area contributed by atoms with E-state index < -0.39 is 10.0 Å². The third-order valence-corrected chi connectivity index (χ3v) is 6.24. The zero-order valence-electron chi connectivity index (χ0n) is 14.8. The summed E-state index contributed by atoms with van der Waals surface area (Å²) in [6.07, 6.45) is 3.04. The van der Waals surface area contributed by atoms with Crippen molar-refractivity contribution in [3.05, 3.63) is 59.6 Å². The van der Waals surface area contributed by atoms with Crippen LogP contribution >= 0.6 is 0 Å². The monoisotopic (exact) mass is 385 g/mol. The van der Waals surface area contributed by atoms with E-state index in [1.165, 1.54) is 34.6 Å². The Morgan fingerprint density at radius 2 is 1.78 bits per heavy atom. The number of carbonyl (C=O) groups excluding carboxylic acids is 1. The number of hydrogen-bond acceptors (Lipinski definition) is 5. The third-order valence-electron chi connectivity index (χ3n) is 4.32. The molecule has 0 radical (unpaired) electrons. The number of nitrogens with zero attached hydrogens (tertiary/aromatic N) is 3. The molecule has 7 nitrogen and oxygen atoms in total. The van der Waals surface area contributed by atoms with Crippen LogP contribution in [0.4, 0.5) is 0 Å². The van der Waals surface area contributed by atoms with E-state index in [-0.39, 0.29) is 23.9 Å². The first-order valence-corrected chi connectivity index (χ1v) is 9.88. The average molecular weight is 385 g/mol. The molecule has 1 aromatic carbocycles. The molecule has 0 aliphatic carbocycles. The molecule has 0 bridgehead atoms. The summed E-state index contributed by atoms with van der Waals surface area (Å²) in [7, 11) is -3.64. The second kappa shape index (κ2) is 7.78. The summed E-state index contributed by atoms with van der Waals surface area (Å²) >= 11 is 0. The zero-order chi connectivity index (χ0) is 19.4. The molecule has 1 aliphatic rings. The zero-order valence-corrected chi connectivity index (χ0v) is 15.6. The van der Waals surface area contributed by atoms with E-state index in [1.807, 2.05) is 19.1 Å². The molecule has 8 heteroatoms. The van der Waals surface area contributed by atoms with Gasteiger partial charge in [0.05, 0.1) is 16.5 Å². The summed E-state index contributed by atoms with van der Waals surface area (Å²) < 4.78 is 32.1. The quantitative estimate of drug-likeness (QED) is 0.751. The van der Waals surface area contributed by atoms with Crippen molar-refractivity contribution in [3.8, 4) is 6.07 Å². The van der Waals surface area contributed by atoms with Gasteiger partial charge in [0.2, 0.25) is 15.9 Å². The molecule has 0 N–H and O–H groups in total. The van der Waals surface area contributed by atoms with Crippen molar-refractivity contribution in [3.63, 3.8) is 0 Å². The normalized spacial score (nSPS) is 15.8. The van der Waals surface area contributed by atoms with Crippen LogP contribution < -0.4 is 0 Å². The van der Waals surface area contributed by atoms with Crippen LogP contribution in [0.2, 0.25) is 0 Å². The number of carbonyl (C=O) groups is 1. The van der Waals surface area contributed by atoms with Gasteiger partial charge in [-0.3, -0.25) is 4.79 Å². The summed E-state index contributed by atoms with van der Waals surface area (Å²) in [4.78, 5) is 14.0. The van der Waals surface area contributed by atoms with Gasteiger partial charge in [0, 0.05) is 32.3 Å². The van der Waals surface area contributed by atoms with Gasteiger partial charge in [-0.1, -0.05) is 0 Å². The number of amides is 1. The second-order valence-corrected chi connectivity index (χ2v) is 8.09. The van der Waals surface area contributed by atoms with Crippen LogP contribution in [0.3, 0.4) is 0 Å². The molecule has 2 aromatic rings. The summed E-state index contributed by atoms with van der Waals surface area (Å²) in [6, 6.07) is 11.4. The molecule has 27 heavy (non-hydrogen) atoms. The predicted molar refractivity (Wildman–Crippen MR) is 99.0 cm³/mol. The lowest BCUT2D eigenvalue weighted by molar-refractivity contribution is -0.127. The maximum absolute atomic E-state index is 12.7. The number of rotatable bonds is 4. The smallest absolute Gasteiger partial charge is 0.246 e. The molecule has 3 rings (SSSR count). The molecule has 1 aliphatic heterocycles. The van der Waals surface area contributed by atoms with E-state index >= 15 is 0 Å². The van der Waals surface area contributed by atoms with Crippen LogP contribution in [-0.2, 0) is 14.8 Å². The molecule has 140 valence electrons. The van der Waals surface area contributed by atoms with Gasteiger partial charge in [0.1, 0.15) is 11.5 Å². The molecule has 1 fully saturated rings. The van der Waals surface area contributed by atoms with Crippen molar-refractivity contribution in [2.75, 3.05) is 26.2 Å². The Bertz CT molecular complexity index is 992. The number of benzene rings is 1. The fourth-order valence-corrected chi connectivity index (χ4v) is 4.22. The van der Waals surface area contributed by atoms with E-state index in [1.54, 1.807) is 17.0 Å². The largest absolute Gasteiger partial charge is 0.462 e. The van der Waals surface area contributed by atoms with Crippen LogP contribution in [-0.4, -0.2) is 49.7 Å². The van der Waals surface area contributed by atoms with Crippen molar-refractivity contribution in [1.29, 1.82) is 5.26 Å². The topological polar surface area (TPSA) is 94.6 Å². The number of piperazine rings is 1. The van der Waals surface area contributed by atoms with Crippen LogP contribution in [0.1, 0.15) is 17.1 Å².